The molecule has 1 aliphatic heterocycles. The van der Waals surface area contributed by atoms with Gasteiger partial charge in [0.05, 0.1) is 5.92 Å². The van der Waals surface area contributed by atoms with Gasteiger partial charge in [-0.15, -0.1) is 0 Å². The molecule has 25 heavy (non-hydrogen) atoms. The SMILES string of the molecule is CCc1ccc(N2C[C@H](C(=O)NCc3ccc(C)cc3)CC2=O)cc1. The predicted molar refractivity (Wildman–Crippen MR) is 99.3 cm³/mol. The lowest BCUT2D eigenvalue weighted by molar-refractivity contribution is -0.126. The minimum atomic E-state index is -0.288. The summed E-state index contributed by atoms with van der Waals surface area (Å²) in [5.41, 5.74) is 4.37. The van der Waals surface area contributed by atoms with E-state index in [2.05, 4.69) is 12.2 Å². The van der Waals surface area contributed by atoms with E-state index in [1.807, 2.05) is 55.5 Å². The molecule has 1 fully saturated rings. The molecule has 1 heterocycles. The molecule has 0 unspecified atom stereocenters. The Labute approximate surface area is 148 Å². The first kappa shape index (κ1) is 17.2. The van der Waals surface area contributed by atoms with E-state index in [1.165, 1.54) is 11.1 Å². The summed E-state index contributed by atoms with van der Waals surface area (Å²) in [7, 11) is 0. The number of nitrogens with one attached hydrogen (secondary N) is 1. The van der Waals surface area contributed by atoms with Gasteiger partial charge in [0.25, 0.3) is 0 Å². The highest BCUT2D eigenvalue weighted by molar-refractivity contribution is 6.00. The van der Waals surface area contributed by atoms with Crippen LogP contribution in [0.15, 0.2) is 48.5 Å². The summed E-state index contributed by atoms with van der Waals surface area (Å²) in [4.78, 5) is 26.4. The van der Waals surface area contributed by atoms with Crippen molar-refractivity contribution in [3.05, 3.63) is 65.2 Å². The second-order valence-electron chi connectivity index (χ2n) is 6.63. The van der Waals surface area contributed by atoms with E-state index < -0.39 is 0 Å². The Kier molecular flexibility index (Phi) is 5.17. The van der Waals surface area contributed by atoms with Gasteiger partial charge < -0.3 is 10.2 Å². The quantitative estimate of drug-likeness (QED) is 0.911. The van der Waals surface area contributed by atoms with Gasteiger partial charge in [-0.1, -0.05) is 48.9 Å². The van der Waals surface area contributed by atoms with Crippen LogP contribution in [0.5, 0.6) is 0 Å². The van der Waals surface area contributed by atoms with Crippen molar-refractivity contribution in [1.29, 1.82) is 0 Å². The number of anilines is 1. The highest BCUT2D eigenvalue weighted by atomic mass is 16.2. The number of amides is 2. The van der Waals surface area contributed by atoms with Crippen molar-refractivity contribution in [2.45, 2.75) is 33.2 Å². The fraction of sp³-hybridized carbons (Fsp3) is 0.333. The zero-order chi connectivity index (χ0) is 17.8. The first-order chi connectivity index (χ1) is 12.1. The predicted octanol–water partition coefficient (Wildman–Crippen LogP) is 3.23. The Hall–Kier alpha value is -2.62. The van der Waals surface area contributed by atoms with Gasteiger partial charge in [0.1, 0.15) is 0 Å². The number of rotatable bonds is 5. The summed E-state index contributed by atoms with van der Waals surface area (Å²) in [6.45, 7) is 5.08. The van der Waals surface area contributed by atoms with Crippen LogP contribution in [0.1, 0.15) is 30.0 Å². The van der Waals surface area contributed by atoms with Crippen molar-refractivity contribution < 1.29 is 9.59 Å². The Morgan fingerprint density at radius 3 is 2.36 bits per heavy atom. The summed E-state index contributed by atoms with van der Waals surface area (Å²) < 4.78 is 0. The van der Waals surface area contributed by atoms with Gasteiger partial charge in [0.15, 0.2) is 0 Å². The van der Waals surface area contributed by atoms with Crippen molar-refractivity contribution in [2.75, 3.05) is 11.4 Å². The topological polar surface area (TPSA) is 49.4 Å². The third-order valence-corrected chi connectivity index (χ3v) is 4.74. The molecule has 0 saturated carbocycles. The fourth-order valence-corrected chi connectivity index (χ4v) is 3.08. The average molecular weight is 336 g/mol. The van der Waals surface area contributed by atoms with E-state index in [0.29, 0.717) is 13.1 Å². The van der Waals surface area contributed by atoms with Gasteiger partial charge >= 0.3 is 0 Å². The second-order valence-corrected chi connectivity index (χ2v) is 6.63. The van der Waals surface area contributed by atoms with Crippen LogP contribution >= 0.6 is 0 Å². The Bertz CT molecular complexity index is 750. The van der Waals surface area contributed by atoms with E-state index in [-0.39, 0.29) is 24.2 Å². The lowest BCUT2D eigenvalue weighted by atomic mass is 10.1. The molecule has 0 radical (unpaired) electrons. The molecule has 4 heteroatoms. The van der Waals surface area contributed by atoms with E-state index in [4.69, 9.17) is 0 Å². The van der Waals surface area contributed by atoms with Crippen LogP contribution in [0.2, 0.25) is 0 Å². The van der Waals surface area contributed by atoms with Gasteiger partial charge in [0, 0.05) is 25.2 Å². The maximum Gasteiger partial charge on any atom is 0.227 e. The van der Waals surface area contributed by atoms with Crippen LogP contribution < -0.4 is 10.2 Å². The summed E-state index contributed by atoms with van der Waals surface area (Å²) in [6.07, 6.45) is 1.24. The molecule has 2 amide bonds. The zero-order valence-electron chi connectivity index (χ0n) is 14.8. The Balaban J connectivity index is 1.59. The van der Waals surface area contributed by atoms with Gasteiger partial charge in [-0.3, -0.25) is 9.59 Å². The second kappa shape index (κ2) is 7.51. The van der Waals surface area contributed by atoms with Crippen LogP contribution in [0.3, 0.4) is 0 Å². The van der Waals surface area contributed by atoms with Crippen molar-refractivity contribution in [3.63, 3.8) is 0 Å². The highest BCUT2D eigenvalue weighted by Crippen LogP contribution is 2.25. The van der Waals surface area contributed by atoms with Crippen molar-refractivity contribution in [1.82, 2.24) is 5.32 Å². The maximum absolute atomic E-state index is 12.4. The summed E-state index contributed by atoms with van der Waals surface area (Å²) in [5.74, 6) is -0.329. The molecular weight excluding hydrogens is 312 g/mol. The number of nitrogens with zero attached hydrogens (tertiary/aromatic N) is 1. The van der Waals surface area contributed by atoms with Crippen LogP contribution in [0.25, 0.3) is 0 Å². The molecule has 1 saturated heterocycles. The van der Waals surface area contributed by atoms with Crippen LogP contribution in [-0.2, 0) is 22.6 Å². The van der Waals surface area contributed by atoms with Gasteiger partial charge in [-0.25, -0.2) is 0 Å². The highest BCUT2D eigenvalue weighted by Gasteiger charge is 2.34. The van der Waals surface area contributed by atoms with Crippen molar-refractivity contribution in [3.8, 4) is 0 Å². The number of hydrogen-bond donors (Lipinski definition) is 1. The molecule has 130 valence electrons. The van der Waals surface area contributed by atoms with E-state index >= 15 is 0 Å². The third-order valence-electron chi connectivity index (χ3n) is 4.74. The molecule has 0 spiro atoms. The number of aryl methyl sites for hydroxylation is 2. The van der Waals surface area contributed by atoms with Gasteiger partial charge in [0.2, 0.25) is 11.8 Å². The molecule has 4 nitrogen and oxygen atoms in total. The molecule has 1 N–H and O–H groups in total. The number of carbonyl (C=O) groups is 2. The number of hydrogen-bond acceptors (Lipinski definition) is 2. The molecule has 0 aliphatic carbocycles. The normalized spacial score (nSPS) is 17.0. The monoisotopic (exact) mass is 336 g/mol. The van der Waals surface area contributed by atoms with Crippen LogP contribution in [0.4, 0.5) is 5.69 Å². The molecule has 0 aromatic heterocycles. The molecule has 1 atom stereocenters. The summed E-state index contributed by atoms with van der Waals surface area (Å²) in [5, 5.41) is 2.95. The summed E-state index contributed by atoms with van der Waals surface area (Å²) in [6, 6.07) is 16.1. The molecular formula is C21H24N2O2. The fourth-order valence-electron chi connectivity index (χ4n) is 3.08. The van der Waals surface area contributed by atoms with Crippen LogP contribution in [-0.4, -0.2) is 18.4 Å². The lowest BCUT2D eigenvalue weighted by Gasteiger charge is -2.17. The van der Waals surface area contributed by atoms with E-state index in [1.54, 1.807) is 4.90 Å². The number of benzene rings is 2. The third kappa shape index (κ3) is 4.08. The first-order valence-electron chi connectivity index (χ1n) is 8.79. The molecule has 3 rings (SSSR count). The van der Waals surface area contributed by atoms with Gasteiger partial charge in [-0.2, -0.15) is 0 Å². The lowest BCUT2D eigenvalue weighted by Crippen LogP contribution is -2.32. The van der Waals surface area contributed by atoms with Crippen LogP contribution in [0, 0.1) is 12.8 Å². The zero-order valence-corrected chi connectivity index (χ0v) is 14.8. The average Bonchev–Trinajstić information content (AvgIpc) is 3.03. The largest absolute Gasteiger partial charge is 0.352 e. The van der Waals surface area contributed by atoms with Gasteiger partial charge in [-0.05, 0) is 36.6 Å². The molecule has 2 aromatic rings. The van der Waals surface area contributed by atoms with Crippen molar-refractivity contribution in [2.24, 2.45) is 5.92 Å². The van der Waals surface area contributed by atoms with E-state index in [0.717, 1.165) is 17.7 Å². The maximum atomic E-state index is 12.4. The standard InChI is InChI=1S/C21H24N2O2/c1-3-16-8-10-19(11-9-16)23-14-18(12-20(23)24)21(25)22-13-17-6-4-15(2)5-7-17/h4-11,18H,3,12-14H2,1-2H3,(H,22,25)/t18-/m1/s1. The molecule has 1 aliphatic rings. The smallest absolute Gasteiger partial charge is 0.227 e. The minimum Gasteiger partial charge on any atom is -0.352 e. The Morgan fingerprint density at radius 2 is 1.72 bits per heavy atom. The summed E-state index contributed by atoms with van der Waals surface area (Å²) >= 11 is 0. The minimum absolute atomic E-state index is 0.0136. The van der Waals surface area contributed by atoms with Crippen molar-refractivity contribution >= 4 is 17.5 Å². The molecule has 0 bridgehead atoms. The Morgan fingerprint density at radius 1 is 1.08 bits per heavy atom. The molecule has 2 aromatic carbocycles. The van der Waals surface area contributed by atoms with E-state index in [9.17, 15) is 9.59 Å². The number of carbonyl (C=O) groups excluding carboxylic acids is 2. The first-order valence-corrected chi connectivity index (χ1v) is 8.79.